The minimum atomic E-state index is -0.449. The molecule has 2 heterocycles. The van der Waals surface area contributed by atoms with E-state index in [9.17, 15) is 9.90 Å². The van der Waals surface area contributed by atoms with Crippen molar-refractivity contribution in [3.05, 3.63) is 57.7 Å². The maximum atomic E-state index is 13.5. The van der Waals surface area contributed by atoms with Crippen LogP contribution in [0, 0.1) is 6.92 Å². The van der Waals surface area contributed by atoms with Gasteiger partial charge in [-0.2, -0.15) is 5.10 Å². The highest BCUT2D eigenvalue weighted by molar-refractivity contribution is 6.31. The number of hydrogen-bond donors (Lipinski definition) is 2. The zero-order chi connectivity index (χ0) is 27.2. The number of aromatic hydroxyl groups is 1. The largest absolute Gasteiger partial charge is 0.507 e. The molecular weight excluding hydrogens is 506 g/mol. The molecule has 2 aromatic carbocycles. The van der Waals surface area contributed by atoms with E-state index in [0.717, 1.165) is 24.0 Å². The maximum Gasteiger partial charge on any atom is 0.273 e. The van der Waals surface area contributed by atoms with Crippen LogP contribution < -0.4 is 9.47 Å². The van der Waals surface area contributed by atoms with Crippen molar-refractivity contribution in [3.8, 4) is 28.5 Å². The topological polar surface area (TPSA) is 96.9 Å². The summed E-state index contributed by atoms with van der Waals surface area (Å²) in [6.45, 7) is 5.63. The van der Waals surface area contributed by atoms with Gasteiger partial charge in [0.25, 0.3) is 5.91 Å². The lowest BCUT2D eigenvalue weighted by Gasteiger charge is -2.27. The quantitative estimate of drug-likeness (QED) is 0.247. The highest BCUT2D eigenvalue weighted by Gasteiger charge is 2.42. The maximum absolute atomic E-state index is 13.5. The summed E-state index contributed by atoms with van der Waals surface area (Å²) in [6, 6.07) is 8.61. The van der Waals surface area contributed by atoms with Crippen LogP contribution in [-0.4, -0.2) is 60.1 Å². The molecule has 0 fully saturated rings. The first-order valence-corrected chi connectivity index (χ1v) is 13.5. The molecule has 0 spiro atoms. The van der Waals surface area contributed by atoms with Gasteiger partial charge in [-0.3, -0.25) is 9.89 Å². The van der Waals surface area contributed by atoms with E-state index >= 15 is 0 Å². The lowest BCUT2D eigenvalue weighted by Crippen LogP contribution is -2.31. The summed E-state index contributed by atoms with van der Waals surface area (Å²) in [6.07, 6.45) is 5.13. The number of aromatic amines is 1. The lowest BCUT2D eigenvalue weighted by atomic mass is 9.95. The number of halogens is 1. The number of nitrogens with zero attached hydrogens (tertiary/aromatic N) is 2. The van der Waals surface area contributed by atoms with Gasteiger partial charge < -0.3 is 24.2 Å². The van der Waals surface area contributed by atoms with Crippen LogP contribution in [0.4, 0.5) is 0 Å². The third-order valence-electron chi connectivity index (χ3n) is 6.90. The van der Waals surface area contributed by atoms with Gasteiger partial charge in [-0.05, 0) is 55.2 Å². The Morgan fingerprint density at radius 1 is 1.08 bits per heavy atom. The molecule has 0 saturated heterocycles. The molecule has 1 aliphatic heterocycles. The van der Waals surface area contributed by atoms with Crippen molar-refractivity contribution >= 4 is 17.5 Å². The first kappa shape index (κ1) is 27.8. The minimum Gasteiger partial charge on any atom is -0.507 e. The van der Waals surface area contributed by atoms with Gasteiger partial charge in [0.1, 0.15) is 17.1 Å². The van der Waals surface area contributed by atoms with Gasteiger partial charge in [0.2, 0.25) is 0 Å². The fraction of sp³-hybridized carbons (Fsp3) is 0.448. The molecule has 0 aliphatic carbocycles. The Morgan fingerprint density at radius 3 is 2.63 bits per heavy atom. The number of phenols is 1. The Bertz CT molecular complexity index is 1280. The van der Waals surface area contributed by atoms with Crippen LogP contribution in [0.1, 0.15) is 72.2 Å². The SMILES string of the molecule is CCCCCCOc1ccc(C2c3c(-c4cc(Cl)c(C)cc4O)n[nH]c3C(=O)N2CCCOC)cc1OC. The van der Waals surface area contributed by atoms with Crippen LogP contribution in [0.3, 0.4) is 0 Å². The van der Waals surface area contributed by atoms with Crippen molar-refractivity contribution in [2.45, 2.75) is 52.0 Å². The van der Waals surface area contributed by atoms with Crippen molar-refractivity contribution in [2.75, 3.05) is 34.0 Å². The number of fused-ring (bicyclic) bond motifs is 1. The van der Waals surface area contributed by atoms with E-state index in [1.54, 1.807) is 31.3 Å². The number of hydrogen-bond acceptors (Lipinski definition) is 6. The number of unbranched alkanes of at least 4 members (excludes halogenated alkanes) is 3. The van der Waals surface area contributed by atoms with Gasteiger partial charge in [-0.25, -0.2) is 0 Å². The smallest absolute Gasteiger partial charge is 0.273 e. The van der Waals surface area contributed by atoms with Gasteiger partial charge in [0.15, 0.2) is 11.5 Å². The van der Waals surface area contributed by atoms with E-state index < -0.39 is 6.04 Å². The number of aryl methyl sites for hydroxylation is 1. The number of aromatic nitrogens is 2. The number of carbonyl (C=O) groups excluding carboxylic acids is 1. The molecule has 3 aromatic rings. The minimum absolute atomic E-state index is 0.0506. The summed E-state index contributed by atoms with van der Waals surface area (Å²) >= 11 is 6.40. The molecule has 1 aromatic heterocycles. The Kier molecular flexibility index (Phi) is 9.17. The zero-order valence-corrected chi connectivity index (χ0v) is 23.2. The Morgan fingerprint density at radius 2 is 1.89 bits per heavy atom. The number of benzene rings is 2. The Balaban J connectivity index is 1.74. The van der Waals surface area contributed by atoms with Crippen LogP contribution in [0.5, 0.6) is 17.2 Å². The fourth-order valence-corrected chi connectivity index (χ4v) is 5.06. The van der Waals surface area contributed by atoms with Crippen LogP contribution in [0.25, 0.3) is 11.3 Å². The number of H-pyrrole nitrogens is 1. The molecule has 204 valence electrons. The van der Waals surface area contributed by atoms with Gasteiger partial charge >= 0.3 is 0 Å². The van der Waals surface area contributed by atoms with Crippen molar-refractivity contribution in [2.24, 2.45) is 0 Å². The van der Waals surface area contributed by atoms with Crippen LogP contribution >= 0.6 is 11.6 Å². The number of amides is 1. The van der Waals surface area contributed by atoms with Crippen molar-refractivity contribution in [3.63, 3.8) is 0 Å². The molecule has 0 bridgehead atoms. The summed E-state index contributed by atoms with van der Waals surface area (Å²) in [5.41, 5.74) is 3.65. The third kappa shape index (κ3) is 5.61. The fourth-order valence-electron chi connectivity index (χ4n) is 4.90. The highest BCUT2D eigenvalue weighted by atomic mass is 35.5. The Labute approximate surface area is 228 Å². The summed E-state index contributed by atoms with van der Waals surface area (Å²) in [4.78, 5) is 15.3. The first-order valence-electron chi connectivity index (χ1n) is 13.1. The van der Waals surface area contributed by atoms with Gasteiger partial charge in [0, 0.05) is 36.4 Å². The monoisotopic (exact) mass is 541 g/mol. The summed E-state index contributed by atoms with van der Waals surface area (Å²) in [5, 5.41) is 18.6. The molecular formula is C29H36ClN3O5. The third-order valence-corrected chi connectivity index (χ3v) is 7.31. The highest BCUT2D eigenvalue weighted by Crippen LogP contribution is 2.46. The molecule has 4 rings (SSSR count). The molecule has 1 amide bonds. The van der Waals surface area contributed by atoms with Crippen LogP contribution in [0.2, 0.25) is 5.02 Å². The summed E-state index contributed by atoms with van der Waals surface area (Å²) < 4.78 is 16.9. The van der Waals surface area contributed by atoms with Crippen LogP contribution in [-0.2, 0) is 4.74 Å². The number of methoxy groups -OCH3 is 2. The van der Waals surface area contributed by atoms with E-state index in [4.69, 9.17) is 25.8 Å². The molecule has 2 N–H and O–H groups in total. The normalized spacial score (nSPS) is 14.7. The number of phenolic OH excluding ortho intramolecular Hbond substituents is 1. The molecule has 1 unspecified atom stereocenters. The van der Waals surface area contributed by atoms with Gasteiger partial charge in [-0.1, -0.05) is 43.9 Å². The second-order valence-electron chi connectivity index (χ2n) is 9.55. The molecule has 0 saturated carbocycles. The molecule has 1 atom stereocenters. The first-order chi connectivity index (χ1) is 18.4. The number of ether oxygens (including phenoxy) is 3. The van der Waals surface area contributed by atoms with E-state index in [-0.39, 0.29) is 11.7 Å². The predicted octanol–water partition coefficient (Wildman–Crippen LogP) is 6.29. The average molecular weight is 542 g/mol. The van der Waals surface area contributed by atoms with Crippen LogP contribution in [0.15, 0.2) is 30.3 Å². The molecule has 9 heteroatoms. The van der Waals surface area contributed by atoms with E-state index in [2.05, 4.69) is 17.1 Å². The average Bonchev–Trinajstić information content (AvgIpc) is 3.45. The second kappa shape index (κ2) is 12.5. The second-order valence-corrected chi connectivity index (χ2v) is 9.95. The standard InChI is InChI=1S/C29H36ClN3O5/c1-5-6-7-8-14-38-23-11-10-19(16-24(23)37-4)28-25-26(20-17-21(30)18(2)15-22(20)34)31-32-27(25)29(35)33(28)12-9-13-36-3/h10-11,15-17,28,34H,5-9,12-14H2,1-4H3,(H,31,32). The van der Waals surface area contributed by atoms with Crippen molar-refractivity contribution in [1.29, 1.82) is 0 Å². The Hall–Kier alpha value is -3.23. The summed E-state index contributed by atoms with van der Waals surface area (Å²) in [7, 11) is 3.25. The predicted molar refractivity (Wildman–Crippen MR) is 147 cm³/mol. The van der Waals surface area contributed by atoms with Gasteiger partial charge in [0.05, 0.1) is 19.8 Å². The van der Waals surface area contributed by atoms with E-state index in [1.807, 2.05) is 25.1 Å². The summed E-state index contributed by atoms with van der Waals surface area (Å²) in [5.74, 6) is 1.16. The molecule has 38 heavy (non-hydrogen) atoms. The zero-order valence-electron chi connectivity index (χ0n) is 22.5. The molecule has 1 aliphatic rings. The molecule has 8 nitrogen and oxygen atoms in total. The van der Waals surface area contributed by atoms with Crippen molar-refractivity contribution in [1.82, 2.24) is 15.1 Å². The lowest BCUT2D eigenvalue weighted by molar-refractivity contribution is 0.0723. The number of carbonyl (C=O) groups is 1. The van der Waals surface area contributed by atoms with E-state index in [0.29, 0.717) is 65.2 Å². The number of nitrogens with one attached hydrogen (secondary N) is 1. The van der Waals surface area contributed by atoms with E-state index in [1.165, 1.54) is 12.8 Å². The molecule has 0 radical (unpaired) electrons. The van der Waals surface area contributed by atoms with Gasteiger partial charge in [-0.15, -0.1) is 0 Å². The number of rotatable bonds is 13. The van der Waals surface area contributed by atoms with Crippen molar-refractivity contribution < 1.29 is 24.1 Å².